The van der Waals surface area contributed by atoms with Gasteiger partial charge in [-0.25, -0.2) is 0 Å². The molecule has 0 aliphatic rings. The molecule has 696 valence electrons. The third kappa shape index (κ3) is 17.1. The molecule has 0 nitrogen and oxygen atoms in total. The maximum absolute atomic E-state index is 8.89. The first-order chi connectivity index (χ1) is 76.0. The van der Waals surface area contributed by atoms with Crippen LogP contribution in [0.25, 0.3) is 273 Å². The topological polar surface area (TPSA) is 0 Å². The molecule has 29 rings (SSSR count). The molecule has 0 aliphatic heterocycles. The molecule has 0 atom stereocenters. The van der Waals surface area contributed by atoms with E-state index in [2.05, 4.69) is 522 Å². The highest BCUT2D eigenvalue weighted by molar-refractivity contribution is 7.25. The van der Waals surface area contributed by atoms with Gasteiger partial charge in [-0.05, 0) is 295 Å². The number of hydrogen-bond donors (Lipinski definition) is 0. The molecule has 0 saturated carbocycles. The molecule has 0 spiro atoms. The van der Waals surface area contributed by atoms with E-state index >= 15 is 0 Å². The Balaban J connectivity index is 0.000000103. The molecule has 0 N–H and O–H groups in total. The van der Waals surface area contributed by atoms with E-state index < -0.39 is 6.04 Å². The standard InChI is InChI=1S/C38H24S.C38H26.2C36H24/c1-3-11-25(12-4-1)27-19-22-33-34(23-27)38(28-20-21-30-29-15-9-10-18-35(29)39-36(30)24-28)32-17-8-7-16-31(32)37(33)26-13-5-2-6-14-26;1-4-14-27(15-5-1)30-24-25-35-36(26-30)37(29-18-8-3-9-19-29)33-22-12-13-23-34(33)38(35)32-21-11-10-20-31(32)28-16-6-2-7-17-28;1-3-12-25(13-4-1)28-22-23-33-34(24-28)35(27-15-5-2-6-16-27)31-19-9-10-20-32(31)36(33)30-21-11-17-26-14-7-8-18-29(26)30;1-3-11-25(12-4-1)29-21-22-33-34(24-29)35(27-14-5-2-6-15-27)31-17-9-10-18-32(31)36(33)30-20-19-26-13-7-8-16-28(26)23-30/h1-24H;1-26H;2*1-24H/i2D,5D,6D,13D,14D;;;. The molecule has 29 aromatic rings. The molecule has 1 heterocycles. The Bertz CT molecular complexity index is 10400. The van der Waals surface area contributed by atoms with Gasteiger partial charge in [0.15, 0.2) is 0 Å². The molecule has 149 heavy (non-hydrogen) atoms. The van der Waals surface area contributed by atoms with E-state index in [9.17, 15) is 0 Å². The maximum atomic E-state index is 8.89. The fourth-order valence-electron chi connectivity index (χ4n) is 22.8. The number of fused-ring (bicyclic) bond motifs is 13. The molecule has 0 bridgehead atoms. The van der Waals surface area contributed by atoms with E-state index in [0.29, 0.717) is 5.56 Å². The van der Waals surface area contributed by atoms with Crippen LogP contribution >= 0.6 is 11.3 Å². The van der Waals surface area contributed by atoms with Gasteiger partial charge in [0, 0.05) is 20.2 Å². The Morgan fingerprint density at radius 1 is 0.114 bits per heavy atom. The van der Waals surface area contributed by atoms with Crippen molar-refractivity contribution in [2.45, 2.75) is 0 Å². The van der Waals surface area contributed by atoms with Gasteiger partial charge in [0.1, 0.15) is 0 Å². The van der Waals surface area contributed by atoms with E-state index in [4.69, 9.17) is 6.85 Å². The minimum Gasteiger partial charge on any atom is -0.135 e. The molecule has 0 amide bonds. The summed E-state index contributed by atoms with van der Waals surface area (Å²) in [5.41, 5.74) is 30.3. The van der Waals surface area contributed by atoms with Crippen LogP contribution in [0.5, 0.6) is 0 Å². The van der Waals surface area contributed by atoms with Crippen molar-refractivity contribution >= 4 is 139 Å². The normalized spacial score (nSPS) is 11.8. The molecule has 28 aromatic carbocycles. The molecular weight excluding hydrogens is 1810 g/mol. The molecule has 1 heteroatoms. The van der Waals surface area contributed by atoms with Gasteiger partial charge >= 0.3 is 0 Å². The van der Waals surface area contributed by atoms with Gasteiger partial charge in [0.2, 0.25) is 0 Å². The lowest BCUT2D eigenvalue weighted by atomic mass is 9.83. The first-order valence-corrected chi connectivity index (χ1v) is 51.8. The summed E-state index contributed by atoms with van der Waals surface area (Å²) < 4.78 is 45.3. The highest BCUT2D eigenvalue weighted by Crippen LogP contribution is 2.53. The summed E-state index contributed by atoms with van der Waals surface area (Å²) in [5.74, 6) is 0. The van der Waals surface area contributed by atoms with Crippen molar-refractivity contribution in [1.29, 1.82) is 0 Å². The first-order valence-electron chi connectivity index (χ1n) is 53.5. The molecule has 0 radical (unpaired) electrons. The van der Waals surface area contributed by atoms with Crippen LogP contribution in [0.2, 0.25) is 0 Å². The van der Waals surface area contributed by atoms with Crippen LogP contribution in [0.1, 0.15) is 6.85 Å². The minimum atomic E-state index is -0.392. The van der Waals surface area contributed by atoms with Crippen molar-refractivity contribution in [3.05, 3.63) is 594 Å². The van der Waals surface area contributed by atoms with E-state index in [1.54, 1.807) is 11.3 Å². The number of rotatable bonds is 13. The van der Waals surface area contributed by atoms with E-state index in [0.717, 1.165) is 43.8 Å². The van der Waals surface area contributed by atoms with Gasteiger partial charge in [-0.1, -0.05) is 552 Å². The summed E-state index contributed by atoms with van der Waals surface area (Å²) in [6.45, 7) is 0. The van der Waals surface area contributed by atoms with E-state index in [1.807, 2.05) is 42.5 Å². The van der Waals surface area contributed by atoms with Crippen LogP contribution in [0.15, 0.2) is 594 Å². The molecule has 0 unspecified atom stereocenters. The fraction of sp³-hybridized carbons (Fsp3) is 0. The van der Waals surface area contributed by atoms with Crippen molar-refractivity contribution < 1.29 is 6.85 Å². The highest BCUT2D eigenvalue weighted by Gasteiger charge is 2.26. The quantitative estimate of drug-likeness (QED) is 0.101. The molecular formula is C148H98S. The SMILES string of the molecule is [2H]c1c([2H])c([2H])c(-c2c3ccccc3c(-c3ccc4c(c3)sc3ccccc34)c3cc(-c4ccccc4)ccc23)c([2H])c1[2H].c1ccc(-c2ccc3c(-c4ccc5ccccc5c4)c4ccccc4c(-c4ccccc4)c3c2)cc1.c1ccc(-c2ccc3c(-c4cccc5ccccc45)c4ccccc4c(-c4ccccc4)c3c2)cc1.c1ccc(-c2ccc3c(-c4ccccc4-c4ccccc4)c4ccccc4c(-c4ccccc4)c3c2)cc1. The van der Waals surface area contributed by atoms with Crippen LogP contribution in [-0.2, 0) is 0 Å². The van der Waals surface area contributed by atoms with E-state index in [-0.39, 0.29) is 29.7 Å². The summed E-state index contributed by atoms with van der Waals surface area (Å²) >= 11 is 1.78. The second-order valence-electron chi connectivity index (χ2n) is 38.1. The number of benzene rings is 28. The number of hydrogen-bond acceptors (Lipinski definition) is 1. The molecule has 0 aliphatic carbocycles. The summed E-state index contributed by atoms with van der Waals surface area (Å²) in [5, 5.41) is 26.5. The van der Waals surface area contributed by atoms with Gasteiger partial charge in [0.05, 0.1) is 6.85 Å². The number of thiophene rings is 1. The van der Waals surface area contributed by atoms with Crippen molar-refractivity contribution in [3.63, 3.8) is 0 Å². The zero-order valence-corrected chi connectivity index (χ0v) is 82.4. The lowest BCUT2D eigenvalue weighted by Crippen LogP contribution is -1.93. The van der Waals surface area contributed by atoms with Crippen LogP contribution in [0, 0.1) is 0 Å². The Labute approximate surface area is 878 Å². The lowest BCUT2D eigenvalue weighted by Gasteiger charge is -2.20. The first kappa shape index (κ1) is 84.5. The van der Waals surface area contributed by atoms with Crippen LogP contribution < -0.4 is 0 Å². The lowest BCUT2D eigenvalue weighted by molar-refractivity contribution is 1.60. The highest BCUT2D eigenvalue weighted by atomic mass is 32.1. The third-order valence-corrected chi connectivity index (χ3v) is 30.6. The zero-order chi connectivity index (χ0) is 103. The third-order valence-electron chi connectivity index (χ3n) is 29.5. The Hall–Kier alpha value is -19.0. The van der Waals surface area contributed by atoms with Crippen molar-refractivity contribution in [3.8, 4) is 145 Å². The predicted molar refractivity (Wildman–Crippen MR) is 644 cm³/mol. The fourth-order valence-corrected chi connectivity index (χ4v) is 23.9. The molecule has 1 aromatic heterocycles. The smallest absolute Gasteiger partial charge is 0.0629 e. The Morgan fingerprint density at radius 3 is 0.792 bits per heavy atom. The van der Waals surface area contributed by atoms with Gasteiger partial charge in [-0.2, -0.15) is 0 Å². The van der Waals surface area contributed by atoms with Crippen LogP contribution in [0.4, 0.5) is 0 Å². The maximum Gasteiger partial charge on any atom is 0.0629 e. The Morgan fingerprint density at radius 2 is 0.369 bits per heavy atom. The van der Waals surface area contributed by atoms with Crippen molar-refractivity contribution in [1.82, 2.24) is 0 Å². The zero-order valence-electron chi connectivity index (χ0n) is 86.6. The second kappa shape index (κ2) is 39.9. The summed E-state index contributed by atoms with van der Waals surface area (Å²) in [7, 11) is 0. The largest absolute Gasteiger partial charge is 0.135 e. The summed E-state index contributed by atoms with van der Waals surface area (Å²) in [4.78, 5) is 0. The Kier molecular flexibility index (Phi) is 22.6. The van der Waals surface area contributed by atoms with Crippen LogP contribution in [0.3, 0.4) is 0 Å². The monoisotopic (exact) mass is 1910 g/mol. The summed E-state index contributed by atoms with van der Waals surface area (Å²) in [6, 6.07) is 201. The molecule has 0 fully saturated rings. The van der Waals surface area contributed by atoms with Gasteiger partial charge in [-0.3, -0.25) is 0 Å². The average Bonchev–Trinajstić information content (AvgIpc) is 1.03. The predicted octanol–water partition coefficient (Wildman–Crippen LogP) is 42.3. The van der Waals surface area contributed by atoms with Gasteiger partial charge < -0.3 is 0 Å². The van der Waals surface area contributed by atoms with E-state index in [1.165, 1.54) is 218 Å². The summed E-state index contributed by atoms with van der Waals surface area (Å²) in [6.07, 6.45) is 0. The van der Waals surface area contributed by atoms with Gasteiger partial charge in [0.25, 0.3) is 0 Å². The second-order valence-corrected chi connectivity index (χ2v) is 39.2. The minimum absolute atomic E-state index is 0.200. The van der Waals surface area contributed by atoms with Crippen molar-refractivity contribution in [2.24, 2.45) is 0 Å². The van der Waals surface area contributed by atoms with Crippen molar-refractivity contribution in [2.75, 3.05) is 0 Å². The molecule has 0 saturated heterocycles. The average molecular weight is 1910 g/mol. The van der Waals surface area contributed by atoms with Gasteiger partial charge in [-0.15, -0.1) is 11.3 Å². The van der Waals surface area contributed by atoms with Crippen LogP contribution in [-0.4, -0.2) is 0 Å².